The van der Waals surface area contributed by atoms with Gasteiger partial charge in [0, 0.05) is 23.9 Å². The average Bonchev–Trinajstić information content (AvgIpc) is 2.57. The number of benzene rings is 2. The predicted octanol–water partition coefficient (Wildman–Crippen LogP) is 4.24. The van der Waals surface area contributed by atoms with E-state index < -0.39 is 52.9 Å². The van der Waals surface area contributed by atoms with Crippen LogP contribution >= 0.6 is 0 Å². The summed E-state index contributed by atoms with van der Waals surface area (Å²) in [5, 5.41) is 0. The Balaban J connectivity index is 2.51. The summed E-state index contributed by atoms with van der Waals surface area (Å²) in [6.45, 7) is 3.99. The molecule has 2 aromatic rings. The van der Waals surface area contributed by atoms with Crippen molar-refractivity contribution in [3.63, 3.8) is 0 Å². The molecule has 0 saturated carbocycles. The molecule has 9 heteroatoms. The van der Waals surface area contributed by atoms with Gasteiger partial charge in [-0.3, -0.25) is 14.5 Å². The Bertz CT molecular complexity index is 918. The van der Waals surface area contributed by atoms with E-state index in [0.29, 0.717) is 17.0 Å². The zero-order chi connectivity index (χ0) is 21.9. The maximum absolute atomic E-state index is 14.1. The molecule has 0 radical (unpaired) electrons. The number of esters is 1. The Morgan fingerprint density at radius 2 is 1.55 bits per heavy atom. The zero-order valence-corrected chi connectivity index (χ0v) is 16.2. The first kappa shape index (κ1) is 22.2. The summed E-state index contributed by atoms with van der Waals surface area (Å²) in [4.78, 5) is 25.7. The molecule has 29 heavy (non-hydrogen) atoms. The lowest BCUT2D eigenvalue weighted by molar-refractivity contribution is -0.152. The van der Waals surface area contributed by atoms with Gasteiger partial charge in [-0.2, -0.15) is 0 Å². The molecule has 0 aromatic heterocycles. The summed E-state index contributed by atoms with van der Waals surface area (Å²) in [6.07, 6.45) is 0. The topological polar surface area (TPSA) is 55.8 Å². The molecule has 1 amide bonds. The fraction of sp³-hybridized carbons (Fsp3) is 0.300. The first-order chi connectivity index (χ1) is 13.4. The minimum absolute atomic E-state index is 0.141. The van der Waals surface area contributed by atoms with Crippen molar-refractivity contribution in [2.24, 2.45) is 0 Å². The summed E-state index contributed by atoms with van der Waals surface area (Å²) >= 11 is 0. The van der Waals surface area contributed by atoms with Crippen LogP contribution in [0.4, 0.5) is 23.2 Å². The molecule has 0 atom stereocenters. The van der Waals surface area contributed by atoms with Gasteiger partial charge in [0.2, 0.25) is 0 Å². The van der Waals surface area contributed by atoms with Crippen molar-refractivity contribution in [3.05, 3.63) is 59.2 Å². The number of ether oxygens (including phenoxy) is 2. The van der Waals surface area contributed by atoms with Crippen molar-refractivity contribution in [1.82, 2.24) is 0 Å². The van der Waals surface area contributed by atoms with E-state index in [4.69, 9.17) is 9.47 Å². The fourth-order valence-corrected chi connectivity index (χ4v) is 2.49. The van der Waals surface area contributed by atoms with E-state index in [2.05, 4.69) is 0 Å². The molecule has 0 N–H and O–H groups in total. The van der Waals surface area contributed by atoms with Gasteiger partial charge in [0.05, 0.1) is 7.11 Å². The number of amides is 1. The lowest BCUT2D eigenvalue weighted by Crippen LogP contribution is -2.39. The Kier molecular flexibility index (Phi) is 6.51. The van der Waals surface area contributed by atoms with Crippen LogP contribution in [0, 0.1) is 23.3 Å². The van der Waals surface area contributed by atoms with Gasteiger partial charge in [-0.15, -0.1) is 0 Å². The lowest BCUT2D eigenvalue weighted by Gasteiger charge is -2.26. The van der Waals surface area contributed by atoms with Gasteiger partial charge in [-0.05, 0) is 32.9 Å². The molecular weight excluding hydrogens is 394 g/mol. The molecule has 0 unspecified atom stereocenters. The van der Waals surface area contributed by atoms with Gasteiger partial charge in [-0.25, -0.2) is 17.6 Å². The molecule has 2 aromatic carbocycles. The summed E-state index contributed by atoms with van der Waals surface area (Å²) in [7, 11) is 1.23. The smallest absolute Gasteiger partial charge is 0.326 e. The van der Waals surface area contributed by atoms with Crippen LogP contribution in [0.3, 0.4) is 0 Å². The largest absolute Gasteiger partial charge is 0.494 e. The molecule has 5 nitrogen and oxygen atoms in total. The molecule has 0 heterocycles. The van der Waals surface area contributed by atoms with E-state index in [1.807, 2.05) is 0 Å². The highest BCUT2D eigenvalue weighted by molar-refractivity contribution is 6.08. The van der Waals surface area contributed by atoms with Crippen LogP contribution in [-0.2, 0) is 9.53 Å². The highest BCUT2D eigenvalue weighted by Crippen LogP contribution is 2.26. The number of carbonyl (C=O) groups is 2. The van der Waals surface area contributed by atoms with Crippen molar-refractivity contribution in [2.45, 2.75) is 26.4 Å². The van der Waals surface area contributed by atoms with Crippen LogP contribution in [0.25, 0.3) is 0 Å². The summed E-state index contributed by atoms with van der Waals surface area (Å²) in [5.41, 5.74) is -2.17. The quantitative estimate of drug-likeness (QED) is 0.544. The van der Waals surface area contributed by atoms with Crippen molar-refractivity contribution >= 4 is 17.6 Å². The van der Waals surface area contributed by atoms with E-state index in [0.717, 1.165) is 6.07 Å². The highest BCUT2D eigenvalue weighted by Gasteiger charge is 2.29. The number of carbonyl (C=O) groups excluding carboxylic acids is 2. The fourth-order valence-electron chi connectivity index (χ4n) is 2.49. The van der Waals surface area contributed by atoms with Crippen molar-refractivity contribution in [1.29, 1.82) is 0 Å². The molecule has 0 aliphatic heterocycles. The Morgan fingerprint density at radius 3 is 2.03 bits per heavy atom. The molecule has 2 rings (SSSR count). The van der Waals surface area contributed by atoms with Gasteiger partial charge in [0.1, 0.15) is 35.2 Å². The first-order valence-electron chi connectivity index (χ1n) is 8.44. The first-order valence-corrected chi connectivity index (χ1v) is 8.44. The van der Waals surface area contributed by atoms with Crippen LogP contribution in [0.2, 0.25) is 0 Å². The van der Waals surface area contributed by atoms with Crippen molar-refractivity contribution < 1.29 is 36.6 Å². The van der Waals surface area contributed by atoms with E-state index >= 15 is 0 Å². The minimum Gasteiger partial charge on any atom is -0.494 e. The SMILES string of the molecule is COc1ccc(N(CC(=O)OC(C)(C)C)C(=O)c2c(F)cc(F)cc2F)cc1F. The molecule has 0 aliphatic carbocycles. The third-order valence-electron chi connectivity index (χ3n) is 3.62. The standard InChI is InChI=1S/C20H19F4NO4/c1-20(2,3)29-17(26)10-25(12-5-6-16(28-4)13(22)9-12)19(27)18-14(23)7-11(21)8-15(18)24/h5-9H,10H2,1-4H3. The van der Waals surface area contributed by atoms with Gasteiger partial charge in [0.25, 0.3) is 5.91 Å². The normalized spacial score (nSPS) is 11.2. The van der Waals surface area contributed by atoms with Gasteiger partial charge < -0.3 is 9.47 Å². The molecule has 156 valence electrons. The number of nitrogens with zero attached hydrogens (tertiary/aromatic N) is 1. The van der Waals surface area contributed by atoms with Crippen LogP contribution in [0.1, 0.15) is 31.1 Å². The van der Waals surface area contributed by atoms with Gasteiger partial charge >= 0.3 is 5.97 Å². The molecular formula is C20H19F4NO4. The minimum atomic E-state index is -1.46. The second-order valence-corrected chi connectivity index (χ2v) is 7.04. The number of halogens is 4. The van der Waals surface area contributed by atoms with Crippen LogP contribution in [0.15, 0.2) is 30.3 Å². The average molecular weight is 413 g/mol. The van der Waals surface area contributed by atoms with E-state index in [-0.39, 0.29) is 11.4 Å². The van der Waals surface area contributed by atoms with Gasteiger partial charge in [0.15, 0.2) is 11.6 Å². The number of hydrogen-bond donors (Lipinski definition) is 0. The third-order valence-corrected chi connectivity index (χ3v) is 3.62. The number of rotatable bonds is 5. The Labute approximate surface area is 164 Å². The van der Waals surface area contributed by atoms with Crippen LogP contribution in [-0.4, -0.2) is 31.1 Å². The predicted molar refractivity (Wildman–Crippen MR) is 96.8 cm³/mol. The van der Waals surface area contributed by atoms with Crippen LogP contribution in [0.5, 0.6) is 5.75 Å². The van der Waals surface area contributed by atoms with Crippen LogP contribution < -0.4 is 9.64 Å². The zero-order valence-electron chi connectivity index (χ0n) is 16.2. The monoisotopic (exact) mass is 413 g/mol. The molecule has 0 aliphatic rings. The molecule has 0 saturated heterocycles. The van der Waals surface area contributed by atoms with Gasteiger partial charge in [-0.1, -0.05) is 0 Å². The third kappa shape index (κ3) is 5.46. The van der Waals surface area contributed by atoms with E-state index in [9.17, 15) is 27.2 Å². The molecule has 0 bridgehead atoms. The molecule has 0 fully saturated rings. The van der Waals surface area contributed by atoms with E-state index in [1.54, 1.807) is 20.8 Å². The Hall–Kier alpha value is -3.10. The second kappa shape index (κ2) is 8.50. The number of hydrogen-bond acceptors (Lipinski definition) is 4. The number of methoxy groups -OCH3 is 1. The van der Waals surface area contributed by atoms with E-state index in [1.165, 1.54) is 19.2 Å². The van der Waals surface area contributed by atoms with Crippen molar-refractivity contribution in [2.75, 3.05) is 18.6 Å². The second-order valence-electron chi connectivity index (χ2n) is 7.04. The summed E-state index contributed by atoms with van der Waals surface area (Å²) in [5.74, 6) is -7.36. The summed E-state index contributed by atoms with van der Waals surface area (Å²) < 4.78 is 65.4. The molecule has 0 spiro atoms. The summed E-state index contributed by atoms with van der Waals surface area (Å²) in [6, 6.07) is 3.93. The van der Waals surface area contributed by atoms with Crippen molar-refractivity contribution in [3.8, 4) is 5.75 Å². The number of anilines is 1. The maximum Gasteiger partial charge on any atom is 0.326 e. The lowest BCUT2D eigenvalue weighted by atomic mass is 10.1. The highest BCUT2D eigenvalue weighted by atomic mass is 19.1. The maximum atomic E-state index is 14.1. The Morgan fingerprint density at radius 1 is 0.966 bits per heavy atom.